The quantitative estimate of drug-likeness (QED) is 0.624. The van der Waals surface area contributed by atoms with Crippen LogP contribution in [0.2, 0.25) is 0 Å². The van der Waals surface area contributed by atoms with Gasteiger partial charge in [0.25, 0.3) is 5.91 Å². The van der Waals surface area contributed by atoms with Crippen molar-refractivity contribution in [3.8, 4) is 11.5 Å². The van der Waals surface area contributed by atoms with E-state index in [1.165, 1.54) is 4.90 Å². The Bertz CT molecular complexity index is 646. The highest BCUT2D eigenvalue weighted by atomic mass is 79.9. The maximum atomic E-state index is 12.0. The summed E-state index contributed by atoms with van der Waals surface area (Å²) in [7, 11) is 1.64. The van der Waals surface area contributed by atoms with Crippen molar-refractivity contribution in [1.82, 2.24) is 10.2 Å². The zero-order chi connectivity index (χ0) is 16.3. The highest BCUT2D eigenvalue weighted by Gasteiger charge is 2.27. The number of hydrogen-bond acceptors (Lipinski definition) is 4. The van der Waals surface area contributed by atoms with E-state index in [1.54, 1.807) is 13.1 Å². The number of amides is 1. The Morgan fingerprint density at radius 2 is 2.00 bits per heavy atom. The first-order valence-electron chi connectivity index (χ1n) is 6.87. The topological polar surface area (TPSA) is 50.8 Å². The summed E-state index contributed by atoms with van der Waals surface area (Å²) in [4.78, 5) is 13.4. The zero-order valence-corrected chi connectivity index (χ0v) is 15.0. The van der Waals surface area contributed by atoms with Gasteiger partial charge < -0.3 is 14.8 Å². The Hall–Kier alpha value is -1.60. The van der Waals surface area contributed by atoms with Crippen LogP contribution in [0.5, 0.6) is 11.5 Å². The number of ether oxygens (including phenoxy) is 2. The maximum Gasteiger partial charge on any atom is 0.276 e. The molecule has 0 aliphatic carbocycles. The summed E-state index contributed by atoms with van der Waals surface area (Å²) in [5.74, 6) is 1.13. The lowest BCUT2D eigenvalue weighted by molar-refractivity contribution is -0.121. The second-order valence-electron chi connectivity index (χ2n) is 4.55. The van der Waals surface area contributed by atoms with Crippen molar-refractivity contribution in [1.29, 1.82) is 0 Å². The van der Waals surface area contributed by atoms with Gasteiger partial charge in [-0.05, 0) is 65.8 Å². The summed E-state index contributed by atoms with van der Waals surface area (Å²) in [5.41, 5.74) is 1.25. The van der Waals surface area contributed by atoms with Gasteiger partial charge in [-0.25, -0.2) is 0 Å². The molecule has 0 aromatic heterocycles. The molecule has 0 radical (unpaired) electrons. The number of nitrogens with zero attached hydrogens (tertiary/aromatic N) is 1. The van der Waals surface area contributed by atoms with Gasteiger partial charge in [0.2, 0.25) is 0 Å². The third kappa shape index (κ3) is 3.41. The number of rotatable bonds is 5. The predicted molar refractivity (Wildman–Crippen MR) is 93.0 cm³/mol. The molecule has 0 atom stereocenters. The minimum absolute atomic E-state index is 0.159. The first kappa shape index (κ1) is 16.8. The van der Waals surface area contributed by atoms with E-state index in [4.69, 9.17) is 21.7 Å². The van der Waals surface area contributed by atoms with Crippen molar-refractivity contribution in [2.45, 2.75) is 13.8 Å². The molecule has 1 saturated heterocycles. The third-order valence-corrected chi connectivity index (χ3v) is 3.98. The van der Waals surface area contributed by atoms with Crippen molar-refractivity contribution in [3.05, 3.63) is 27.9 Å². The molecular weight excluding hydrogens is 368 g/mol. The number of hydrogen-bond donors (Lipinski definition) is 1. The average Bonchev–Trinajstić information content (AvgIpc) is 2.70. The van der Waals surface area contributed by atoms with Gasteiger partial charge in [-0.2, -0.15) is 0 Å². The molecular formula is C15H17BrN2O3S. The average molecular weight is 385 g/mol. The molecule has 1 fully saturated rings. The molecule has 1 N–H and O–H groups in total. The molecule has 7 heteroatoms. The molecule has 1 aliphatic heterocycles. The summed E-state index contributed by atoms with van der Waals surface area (Å²) in [5, 5.41) is 3.29. The van der Waals surface area contributed by atoms with E-state index in [0.717, 1.165) is 10.0 Å². The Labute approximate surface area is 143 Å². The molecule has 2 rings (SSSR count). The van der Waals surface area contributed by atoms with Crippen LogP contribution in [0.25, 0.3) is 6.08 Å². The van der Waals surface area contributed by atoms with Gasteiger partial charge >= 0.3 is 0 Å². The van der Waals surface area contributed by atoms with Crippen LogP contribution in [-0.2, 0) is 4.79 Å². The van der Waals surface area contributed by atoms with Crippen LogP contribution in [-0.4, -0.2) is 36.2 Å². The predicted octanol–water partition coefficient (Wildman–Crippen LogP) is 2.93. The number of nitrogens with one attached hydrogen (secondary N) is 1. The fraction of sp³-hybridized carbons (Fsp3) is 0.333. The molecule has 1 aromatic carbocycles. The Morgan fingerprint density at radius 1 is 1.32 bits per heavy atom. The molecule has 0 saturated carbocycles. The van der Waals surface area contributed by atoms with Crippen LogP contribution in [0.15, 0.2) is 22.3 Å². The highest BCUT2D eigenvalue weighted by Crippen LogP contribution is 2.37. The number of carbonyl (C=O) groups excluding carboxylic acids is 1. The first-order chi connectivity index (χ1) is 10.5. The lowest BCUT2D eigenvalue weighted by Gasteiger charge is -2.13. The Morgan fingerprint density at radius 3 is 2.55 bits per heavy atom. The molecule has 5 nitrogen and oxygen atoms in total. The SMILES string of the molecule is CCOc1cc(C=C2NC(=S)N(C)C2=O)cc(Br)c1OCC. The van der Waals surface area contributed by atoms with E-state index < -0.39 is 0 Å². The minimum Gasteiger partial charge on any atom is -0.490 e. The van der Waals surface area contributed by atoms with E-state index in [-0.39, 0.29) is 5.91 Å². The number of benzene rings is 1. The monoisotopic (exact) mass is 384 g/mol. The first-order valence-corrected chi connectivity index (χ1v) is 8.07. The van der Waals surface area contributed by atoms with Gasteiger partial charge in [0.15, 0.2) is 16.6 Å². The molecule has 1 aliphatic rings. The van der Waals surface area contributed by atoms with Crippen molar-refractivity contribution in [3.63, 3.8) is 0 Å². The fourth-order valence-corrected chi connectivity index (χ4v) is 2.78. The molecule has 1 aromatic rings. The second kappa shape index (κ2) is 7.11. The van der Waals surface area contributed by atoms with Crippen LogP contribution >= 0.6 is 28.1 Å². The van der Waals surface area contributed by atoms with Gasteiger partial charge in [0, 0.05) is 7.05 Å². The van der Waals surface area contributed by atoms with E-state index in [9.17, 15) is 4.79 Å². The zero-order valence-electron chi connectivity index (χ0n) is 12.6. The lowest BCUT2D eigenvalue weighted by Crippen LogP contribution is -2.25. The van der Waals surface area contributed by atoms with Gasteiger partial charge in [0.1, 0.15) is 5.70 Å². The van der Waals surface area contributed by atoms with Gasteiger partial charge in [-0.15, -0.1) is 0 Å². The van der Waals surface area contributed by atoms with Crippen molar-refractivity contribution in [2.75, 3.05) is 20.3 Å². The summed E-state index contributed by atoms with van der Waals surface area (Å²) in [6.45, 7) is 4.88. The summed E-state index contributed by atoms with van der Waals surface area (Å²) >= 11 is 8.54. The maximum absolute atomic E-state index is 12.0. The molecule has 1 amide bonds. The normalized spacial score (nSPS) is 16.2. The smallest absolute Gasteiger partial charge is 0.276 e. The number of likely N-dealkylation sites (N-methyl/N-ethyl adjacent to an activating group) is 1. The molecule has 0 bridgehead atoms. The van der Waals surface area contributed by atoms with Gasteiger partial charge in [0.05, 0.1) is 17.7 Å². The van der Waals surface area contributed by atoms with Crippen LogP contribution < -0.4 is 14.8 Å². The summed E-state index contributed by atoms with van der Waals surface area (Å²) < 4.78 is 12.0. The number of halogens is 1. The second-order valence-corrected chi connectivity index (χ2v) is 5.79. The highest BCUT2D eigenvalue weighted by molar-refractivity contribution is 9.10. The van der Waals surface area contributed by atoms with Crippen molar-refractivity contribution >= 4 is 45.2 Å². The van der Waals surface area contributed by atoms with Gasteiger partial charge in [-0.1, -0.05) is 0 Å². The lowest BCUT2D eigenvalue weighted by atomic mass is 10.1. The Balaban J connectivity index is 2.40. The number of carbonyl (C=O) groups is 1. The number of thiocarbonyl (C=S) groups is 1. The molecule has 22 heavy (non-hydrogen) atoms. The van der Waals surface area contributed by atoms with E-state index in [0.29, 0.717) is 35.5 Å². The molecule has 118 valence electrons. The third-order valence-electron chi connectivity index (χ3n) is 3.01. The van der Waals surface area contributed by atoms with Crippen LogP contribution in [0.4, 0.5) is 0 Å². The van der Waals surface area contributed by atoms with E-state index in [2.05, 4.69) is 21.2 Å². The van der Waals surface area contributed by atoms with Crippen LogP contribution in [0.3, 0.4) is 0 Å². The van der Waals surface area contributed by atoms with Crippen LogP contribution in [0.1, 0.15) is 19.4 Å². The fourth-order valence-electron chi connectivity index (χ4n) is 2.01. The standard InChI is InChI=1S/C15H17BrN2O3S/c1-4-20-12-8-9(6-10(16)13(12)21-5-2)7-11-14(19)18(3)15(22)17-11/h6-8H,4-5H2,1-3H3,(H,17,22). The van der Waals surface area contributed by atoms with Crippen LogP contribution in [0, 0.1) is 0 Å². The largest absolute Gasteiger partial charge is 0.490 e. The Kier molecular flexibility index (Phi) is 5.42. The summed E-state index contributed by atoms with van der Waals surface area (Å²) in [6, 6.07) is 3.71. The van der Waals surface area contributed by atoms with Crippen molar-refractivity contribution < 1.29 is 14.3 Å². The summed E-state index contributed by atoms with van der Waals surface area (Å²) in [6.07, 6.45) is 1.74. The molecule has 0 spiro atoms. The molecule has 0 unspecified atom stereocenters. The van der Waals surface area contributed by atoms with E-state index >= 15 is 0 Å². The van der Waals surface area contributed by atoms with Gasteiger partial charge in [-0.3, -0.25) is 9.69 Å². The molecule has 1 heterocycles. The van der Waals surface area contributed by atoms with Crippen molar-refractivity contribution in [2.24, 2.45) is 0 Å². The van der Waals surface area contributed by atoms with E-state index in [1.807, 2.05) is 26.0 Å². The minimum atomic E-state index is -0.159.